The number of carbonyl (C=O) groups excluding carboxylic acids is 8. The Labute approximate surface area is 530 Å². The van der Waals surface area contributed by atoms with Crippen molar-refractivity contribution in [2.24, 2.45) is 0 Å². The van der Waals surface area contributed by atoms with Gasteiger partial charge < -0.3 is 50.0 Å². The second-order valence-electron chi connectivity index (χ2n) is 26.1. The van der Waals surface area contributed by atoms with Gasteiger partial charge in [0.15, 0.2) is 0 Å². The van der Waals surface area contributed by atoms with Crippen molar-refractivity contribution < 1.29 is 57.3 Å². The van der Waals surface area contributed by atoms with E-state index < -0.39 is 83.3 Å². The molecule has 4 aromatic carbocycles. The van der Waals surface area contributed by atoms with Crippen LogP contribution in [0.2, 0.25) is 0 Å². The fourth-order valence-corrected chi connectivity index (χ4v) is 12.0. The van der Waals surface area contributed by atoms with Crippen LogP contribution in [-0.4, -0.2) is 155 Å². The average molecular weight is 1240 g/mol. The first-order chi connectivity index (χ1) is 42.8. The number of aryl methyl sites for hydroxylation is 2. The molecule has 2 saturated heterocycles. The molecule has 2 aliphatic carbocycles. The van der Waals surface area contributed by atoms with Crippen LogP contribution in [0, 0.1) is 0 Å². The average Bonchev–Trinajstić information content (AvgIpc) is 3.32. The molecule has 20 nitrogen and oxygen atoms in total. The minimum atomic E-state index is -1.06. The van der Waals surface area contributed by atoms with Gasteiger partial charge in [0, 0.05) is 40.0 Å². The van der Waals surface area contributed by atoms with E-state index >= 15 is 0 Å². The van der Waals surface area contributed by atoms with Crippen molar-refractivity contribution >= 4 is 47.6 Å². The highest BCUT2D eigenvalue weighted by Crippen LogP contribution is 2.33. The Kier molecular flexibility index (Phi) is 22.8. The van der Waals surface area contributed by atoms with Crippen molar-refractivity contribution in [1.82, 2.24) is 40.9 Å². The number of amides is 8. The lowest BCUT2D eigenvalue weighted by atomic mass is 9.87. The highest BCUT2D eigenvalue weighted by molar-refractivity contribution is 5.96. The number of carbonyl (C=O) groups is 8. The first kappa shape index (κ1) is 67.5. The zero-order valence-corrected chi connectivity index (χ0v) is 54.0. The number of nitrogens with one attached hydrogen (secondary N) is 4. The third kappa shape index (κ3) is 18.1. The number of likely N-dealkylation sites (tertiary alicyclic amines) is 2. The van der Waals surface area contributed by atoms with E-state index in [1.165, 1.54) is 35.0 Å². The number of rotatable bonds is 22. The summed E-state index contributed by atoms with van der Waals surface area (Å²) in [5.41, 5.74) is 4.50. The van der Waals surface area contributed by atoms with Crippen molar-refractivity contribution in [3.63, 3.8) is 0 Å². The number of hydrogen-bond donors (Lipinski definition) is 4. The Morgan fingerprint density at radius 3 is 1.26 bits per heavy atom. The van der Waals surface area contributed by atoms with Gasteiger partial charge in [0.25, 0.3) is 0 Å². The summed E-state index contributed by atoms with van der Waals surface area (Å²) in [5, 5.41) is 12.3. The molecular weight excluding hydrogens is 1140 g/mol. The summed E-state index contributed by atoms with van der Waals surface area (Å²) in [6.45, 7) is 14.7. The maximum atomic E-state index is 14.6. The lowest BCUT2D eigenvalue weighted by molar-refractivity contribution is -0.142. The molecule has 2 unspecified atom stereocenters. The Morgan fingerprint density at radius 2 is 0.889 bits per heavy atom. The summed E-state index contributed by atoms with van der Waals surface area (Å²) in [6.07, 6.45) is 10.1. The van der Waals surface area contributed by atoms with Crippen molar-refractivity contribution in [3.05, 3.63) is 143 Å². The minimum absolute atomic E-state index is 0.104. The Morgan fingerprint density at radius 1 is 0.522 bits per heavy atom. The molecule has 90 heavy (non-hydrogen) atoms. The molecule has 0 aromatic heterocycles. The molecule has 0 spiro atoms. The molecule has 8 atom stereocenters. The monoisotopic (exact) mass is 1240 g/mol. The van der Waals surface area contributed by atoms with Crippen molar-refractivity contribution in [3.8, 4) is 11.5 Å². The van der Waals surface area contributed by atoms with E-state index in [4.69, 9.17) is 18.9 Å². The van der Waals surface area contributed by atoms with Crippen LogP contribution in [-0.2, 0) is 63.9 Å². The summed E-state index contributed by atoms with van der Waals surface area (Å²) < 4.78 is 23.1. The Balaban J connectivity index is 0.866. The number of ether oxygens (including phenoxy) is 4. The van der Waals surface area contributed by atoms with Crippen LogP contribution in [0.25, 0.3) is 0 Å². The normalized spacial score (nSPS) is 19.4. The third-order valence-corrected chi connectivity index (χ3v) is 17.1. The maximum Gasteiger partial charge on any atom is 0.410 e. The zero-order chi connectivity index (χ0) is 64.9. The lowest BCUT2D eigenvalue weighted by Crippen LogP contribution is -2.57. The van der Waals surface area contributed by atoms with Crippen molar-refractivity contribution in [1.29, 1.82) is 0 Å². The molecule has 2 aliphatic heterocycles. The molecule has 4 aromatic rings. The molecule has 2 fully saturated rings. The fourth-order valence-electron chi connectivity index (χ4n) is 12.0. The molecule has 8 rings (SSSR count). The van der Waals surface area contributed by atoms with Crippen molar-refractivity contribution in [2.45, 2.75) is 192 Å². The zero-order valence-electron chi connectivity index (χ0n) is 54.0. The molecule has 20 heteroatoms. The van der Waals surface area contributed by atoms with Crippen LogP contribution in [0.1, 0.15) is 152 Å². The lowest BCUT2D eigenvalue weighted by Gasteiger charge is -2.33. The molecule has 0 saturated carbocycles. The van der Waals surface area contributed by atoms with Crippen molar-refractivity contribution in [2.75, 3.05) is 40.4 Å². The summed E-state index contributed by atoms with van der Waals surface area (Å²) in [5.74, 6) is -1.22. The van der Waals surface area contributed by atoms with Gasteiger partial charge >= 0.3 is 12.2 Å². The van der Waals surface area contributed by atoms with E-state index in [-0.39, 0.29) is 50.0 Å². The highest BCUT2D eigenvalue weighted by atomic mass is 16.6. The van der Waals surface area contributed by atoms with Crippen LogP contribution in [0.4, 0.5) is 9.59 Å². The SMILES string of the molecule is C[C@@H](C(=O)N[C@@H](Cc1ccc(OCC=CCOc2ccc(C[C@H](NC(=O)[C@H](C)N(C)C(=O)OC(C)(C)C)C(=O)N3CCCC3C(=O)N[C@@H]3CCCc4ccccc43)cc2)cc1)C(=O)N1CCCC1C(=O)N[C@@H]1CCCc2ccccc21)N(C)C(=O)OC(C)(C)C. The summed E-state index contributed by atoms with van der Waals surface area (Å²) in [7, 11) is 2.94. The van der Waals surface area contributed by atoms with Gasteiger partial charge in [-0.3, -0.25) is 38.6 Å². The van der Waals surface area contributed by atoms with Crippen LogP contribution in [0.15, 0.2) is 109 Å². The Bertz CT molecular complexity index is 3000. The van der Waals surface area contributed by atoms with E-state index in [2.05, 4.69) is 33.4 Å². The number of benzene rings is 4. The van der Waals surface area contributed by atoms with Crippen LogP contribution >= 0.6 is 0 Å². The predicted octanol–water partition coefficient (Wildman–Crippen LogP) is 8.64. The molecule has 2 heterocycles. The fraction of sp³-hybridized carbons (Fsp3) is 0.514. The number of likely N-dealkylation sites (N-methyl/N-ethyl adjacent to an activating group) is 2. The topological polar surface area (TPSA) is 235 Å². The largest absolute Gasteiger partial charge is 0.490 e. The number of fused-ring (bicyclic) bond motifs is 2. The van der Waals surface area contributed by atoms with Gasteiger partial charge in [0.2, 0.25) is 35.4 Å². The first-order valence-electron chi connectivity index (χ1n) is 31.8. The molecule has 4 N–H and O–H groups in total. The number of nitrogens with zero attached hydrogens (tertiary/aromatic N) is 4. The van der Waals surface area contributed by atoms with Crippen LogP contribution < -0.4 is 30.7 Å². The second kappa shape index (κ2) is 30.4. The third-order valence-electron chi connectivity index (χ3n) is 17.1. The van der Waals surface area contributed by atoms with Gasteiger partial charge in [0.05, 0.1) is 12.1 Å². The summed E-state index contributed by atoms with van der Waals surface area (Å²) in [4.78, 5) is 117. The Hall–Kier alpha value is -8.42. The van der Waals surface area contributed by atoms with Gasteiger partial charge in [-0.15, -0.1) is 0 Å². The van der Waals surface area contributed by atoms with Gasteiger partial charge in [-0.2, -0.15) is 0 Å². The summed E-state index contributed by atoms with van der Waals surface area (Å²) >= 11 is 0. The smallest absolute Gasteiger partial charge is 0.410 e. The van der Waals surface area contributed by atoms with Gasteiger partial charge in [0.1, 0.15) is 72.2 Å². The molecular formula is C70H92N8O12. The van der Waals surface area contributed by atoms with Gasteiger partial charge in [-0.1, -0.05) is 72.8 Å². The van der Waals surface area contributed by atoms with E-state index in [0.717, 1.165) is 60.8 Å². The first-order valence-corrected chi connectivity index (χ1v) is 31.8. The van der Waals surface area contributed by atoms with E-state index in [9.17, 15) is 38.4 Å². The second-order valence-corrected chi connectivity index (χ2v) is 26.1. The van der Waals surface area contributed by atoms with Crippen LogP contribution in [0.5, 0.6) is 11.5 Å². The van der Waals surface area contributed by atoms with E-state index in [0.29, 0.717) is 50.3 Å². The van der Waals surface area contributed by atoms with E-state index in [1.54, 1.807) is 89.5 Å². The molecule has 0 radical (unpaired) electrons. The van der Waals surface area contributed by atoms with Gasteiger partial charge in [-0.25, -0.2) is 9.59 Å². The maximum absolute atomic E-state index is 14.6. The standard InChI is InChI=1S/C70H92N8O12/c1-45(75(9)67(85)89-69(3,4)5)61(79)73-57(65(83)77-39-19-29-59(77)63(81)71-55-27-17-23-49-21-11-13-25-53(49)55)43-47-31-35-51(36-32-47)87-41-15-16-42-88-52-37-33-48(34-38-52)44-58(74-62(80)46(2)76(10)68(86)90-70(6,7)8)66(84)78-40-20-30-60(78)64(82)72-56-28-18-24-50-22-12-14-26-54(50)56/h11-16,21-22,25-26,31-38,45-46,55-60H,17-20,23-24,27-30,39-44H2,1-10H3,(H,71,81)(H,72,82)(H,73,79)(H,74,80)/t45-,46-,55+,56+,57-,58-,59?,60?/m0/s1. The quantitative estimate of drug-likeness (QED) is 0.0542. The molecule has 484 valence electrons. The minimum Gasteiger partial charge on any atom is -0.490 e. The molecule has 0 bridgehead atoms. The van der Waals surface area contributed by atoms with E-state index in [1.807, 2.05) is 72.8 Å². The molecule has 8 amide bonds. The number of hydrogen-bond acceptors (Lipinski definition) is 12. The predicted molar refractivity (Wildman–Crippen MR) is 341 cm³/mol. The van der Waals surface area contributed by atoms with Crippen LogP contribution in [0.3, 0.4) is 0 Å². The van der Waals surface area contributed by atoms with Gasteiger partial charge in [-0.05, 0) is 189 Å². The molecule has 4 aliphatic rings. The summed E-state index contributed by atoms with van der Waals surface area (Å²) in [6, 6.07) is 24.8. The highest BCUT2D eigenvalue weighted by Gasteiger charge is 2.42.